The highest BCUT2D eigenvalue weighted by Gasteiger charge is 2.30. The van der Waals surface area contributed by atoms with Crippen LogP contribution in [0.1, 0.15) is 32.1 Å². The fourth-order valence-electron chi connectivity index (χ4n) is 2.41. The molecule has 0 bridgehead atoms. The maximum Gasteiger partial charge on any atom is 0.326 e. The number of carboxylic acid groups (broad SMARTS) is 2. The summed E-state index contributed by atoms with van der Waals surface area (Å²) in [6, 6.07) is -5.67. The van der Waals surface area contributed by atoms with Crippen LogP contribution in [0.5, 0.6) is 0 Å². The first-order valence-electron chi connectivity index (χ1n) is 9.57. The van der Waals surface area contributed by atoms with E-state index in [9.17, 15) is 33.6 Å². The molecule has 0 aromatic carbocycles. The van der Waals surface area contributed by atoms with Crippen molar-refractivity contribution in [1.82, 2.24) is 16.0 Å². The van der Waals surface area contributed by atoms with Crippen molar-refractivity contribution in [2.24, 2.45) is 17.2 Å². The number of primary amides is 2. The zero-order valence-electron chi connectivity index (χ0n) is 17.5. The molecule has 186 valence electrons. The second-order valence-corrected chi connectivity index (χ2v) is 7.28. The first-order chi connectivity index (χ1) is 15.3. The van der Waals surface area contributed by atoms with Crippen LogP contribution in [0.15, 0.2) is 0 Å². The van der Waals surface area contributed by atoms with Gasteiger partial charge in [-0.05, 0) is 12.8 Å². The Morgan fingerprint density at radius 2 is 1.21 bits per heavy atom. The molecule has 0 aliphatic rings. The molecule has 0 aromatic heterocycles. The lowest BCUT2D eigenvalue weighted by molar-refractivity contribution is -0.143. The molecule has 0 fully saturated rings. The molecule has 0 aliphatic heterocycles. The maximum atomic E-state index is 12.6. The molecule has 0 aliphatic carbocycles. The van der Waals surface area contributed by atoms with Gasteiger partial charge in [-0.1, -0.05) is 0 Å². The van der Waals surface area contributed by atoms with E-state index in [1.165, 1.54) is 0 Å². The van der Waals surface area contributed by atoms with Gasteiger partial charge in [-0.2, -0.15) is 12.6 Å². The summed E-state index contributed by atoms with van der Waals surface area (Å²) in [4.78, 5) is 81.1. The summed E-state index contributed by atoms with van der Waals surface area (Å²) in [5.41, 5.74) is 15.6. The Kier molecular flexibility index (Phi) is 13.1. The van der Waals surface area contributed by atoms with E-state index in [4.69, 9.17) is 27.4 Å². The number of amides is 5. The van der Waals surface area contributed by atoms with Crippen LogP contribution in [0.25, 0.3) is 0 Å². The lowest BCUT2D eigenvalue weighted by Gasteiger charge is -2.24. The normalized spacial score (nSPS) is 14.1. The predicted octanol–water partition coefficient (Wildman–Crippen LogP) is -4.21. The van der Waals surface area contributed by atoms with Crippen molar-refractivity contribution >= 4 is 54.1 Å². The zero-order chi connectivity index (χ0) is 25.7. The molecule has 0 aromatic rings. The van der Waals surface area contributed by atoms with Gasteiger partial charge in [-0.3, -0.25) is 28.8 Å². The van der Waals surface area contributed by atoms with Crippen LogP contribution < -0.4 is 33.2 Å². The Bertz CT molecular complexity index is 778. The van der Waals surface area contributed by atoms with Crippen LogP contribution in [-0.4, -0.2) is 81.6 Å². The summed E-state index contributed by atoms with van der Waals surface area (Å²) in [6.07, 6.45) is -2.03. The molecule has 15 nitrogen and oxygen atoms in total. The maximum absolute atomic E-state index is 12.6. The number of carbonyl (C=O) groups excluding carboxylic acids is 5. The van der Waals surface area contributed by atoms with E-state index in [0.717, 1.165) is 0 Å². The number of aliphatic carboxylic acids is 2. The number of carboxylic acids is 2. The molecule has 11 N–H and O–H groups in total. The molecule has 16 heteroatoms. The summed E-state index contributed by atoms with van der Waals surface area (Å²) in [5.74, 6) is -7.52. The van der Waals surface area contributed by atoms with Crippen LogP contribution in [-0.2, 0) is 33.6 Å². The summed E-state index contributed by atoms with van der Waals surface area (Å²) in [5, 5.41) is 24.4. The van der Waals surface area contributed by atoms with Crippen LogP contribution >= 0.6 is 12.6 Å². The molecule has 4 unspecified atom stereocenters. The van der Waals surface area contributed by atoms with E-state index in [-0.39, 0.29) is 18.6 Å². The fraction of sp³-hybridized carbons (Fsp3) is 0.588. The topological polar surface area (TPSA) is 274 Å². The van der Waals surface area contributed by atoms with Gasteiger partial charge in [0.25, 0.3) is 0 Å². The first kappa shape index (κ1) is 29.6. The molecule has 0 saturated carbocycles. The lowest BCUT2D eigenvalue weighted by Crippen LogP contribution is -2.58. The first-order valence-corrected chi connectivity index (χ1v) is 10.2. The lowest BCUT2D eigenvalue weighted by atomic mass is 10.1. The Hall–Kier alpha value is -3.40. The van der Waals surface area contributed by atoms with E-state index < -0.39 is 84.9 Å². The number of nitrogens with two attached hydrogens (primary N) is 3. The van der Waals surface area contributed by atoms with Crippen molar-refractivity contribution in [2.45, 2.75) is 56.3 Å². The van der Waals surface area contributed by atoms with Crippen molar-refractivity contribution in [3.05, 3.63) is 0 Å². The predicted molar refractivity (Wildman–Crippen MR) is 114 cm³/mol. The highest BCUT2D eigenvalue weighted by Crippen LogP contribution is 2.03. The van der Waals surface area contributed by atoms with Gasteiger partial charge in [-0.15, -0.1) is 0 Å². The van der Waals surface area contributed by atoms with Crippen molar-refractivity contribution in [3.8, 4) is 0 Å². The van der Waals surface area contributed by atoms with Crippen LogP contribution in [0.4, 0.5) is 0 Å². The highest BCUT2D eigenvalue weighted by atomic mass is 32.1. The molecular formula is C17H28N6O9S. The van der Waals surface area contributed by atoms with Gasteiger partial charge in [0.2, 0.25) is 29.5 Å². The average Bonchev–Trinajstić information content (AvgIpc) is 2.70. The third-order valence-corrected chi connectivity index (χ3v) is 4.51. The van der Waals surface area contributed by atoms with Crippen molar-refractivity contribution in [3.63, 3.8) is 0 Å². The van der Waals surface area contributed by atoms with Gasteiger partial charge in [0.05, 0.1) is 12.5 Å². The van der Waals surface area contributed by atoms with Crippen molar-refractivity contribution < 1.29 is 43.8 Å². The number of carbonyl (C=O) groups is 7. The SMILES string of the molecule is NC(=O)CCC(NC(=O)C(N)CC(N)=O)C(=O)NC(CS)C(=O)NC(CCC(=O)O)C(=O)O. The highest BCUT2D eigenvalue weighted by molar-refractivity contribution is 7.80. The van der Waals surface area contributed by atoms with Gasteiger partial charge < -0.3 is 43.4 Å². The summed E-state index contributed by atoms with van der Waals surface area (Å²) < 4.78 is 0. The molecular weight excluding hydrogens is 464 g/mol. The van der Waals surface area contributed by atoms with E-state index in [1.807, 2.05) is 0 Å². The molecule has 4 atom stereocenters. The van der Waals surface area contributed by atoms with E-state index in [0.29, 0.717) is 0 Å². The fourth-order valence-corrected chi connectivity index (χ4v) is 2.66. The number of thiol groups is 1. The quantitative estimate of drug-likeness (QED) is 0.0936. The minimum atomic E-state index is -1.54. The smallest absolute Gasteiger partial charge is 0.326 e. The van der Waals surface area contributed by atoms with Crippen LogP contribution in [0.2, 0.25) is 0 Å². The van der Waals surface area contributed by atoms with E-state index >= 15 is 0 Å². The zero-order valence-corrected chi connectivity index (χ0v) is 18.4. The molecule has 0 saturated heterocycles. The monoisotopic (exact) mass is 492 g/mol. The number of rotatable bonds is 16. The molecule has 33 heavy (non-hydrogen) atoms. The van der Waals surface area contributed by atoms with Gasteiger partial charge in [0, 0.05) is 18.6 Å². The Morgan fingerprint density at radius 3 is 1.67 bits per heavy atom. The second-order valence-electron chi connectivity index (χ2n) is 6.92. The van der Waals surface area contributed by atoms with E-state index in [2.05, 4.69) is 28.6 Å². The summed E-state index contributed by atoms with van der Waals surface area (Å²) >= 11 is 3.93. The summed E-state index contributed by atoms with van der Waals surface area (Å²) in [6.45, 7) is 0. The van der Waals surface area contributed by atoms with Crippen LogP contribution in [0.3, 0.4) is 0 Å². The Morgan fingerprint density at radius 1 is 0.727 bits per heavy atom. The molecule has 0 spiro atoms. The van der Waals surface area contributed by atoms with Gasteiger partial charge in [0.1, 0.15) is 18.1 Å². The molecule has 0 radical (unpaired) electrons. The average molecular weight is 493 g/mol. The molecule has 0 heterocycles. The number of nitrogens with one attached hydrogen (secondary N) is 3. The standard InChI is InChI=1S/C17H28N6O9S/c18-7(5-12(20)25)14(28)21-8(1-3-11(19)24)15(29)23-10(6-33)16(30)22-9(17(31)32)2-4-13(26)27/h7-10,33H,1-6,18H2,(H2,19,24)(H2,20,25)(H,21,28)(H,22,30)(H,23,29)(H,26,27)(H,31,32). The van der Waals surface area contributed by atoms with Gasteiger partial charge in [0.15, 0.2) is 0 Å². The molecule has 5 amide bonds. The van der Waals surface area contributed by atoms with Gasteiger partial charge >= 0.3 is 11.9 Å². The van der Waals surface area contributed by atoms with Crippen molar-refractivity contribution in [1.29, 1.82) is 0 Å². The minimum absolute atomic E-state index is 0.270. The van der Waals surface area contributed by atoms with Crippen LogP contribution in [0, 0.1) is 0 Å². The summed E-state index contributed by atoms with van der Waals surface area (Å²) in [7, 11) is 0. The molecule has 0 rings (SSSR count). The minimum Gasteiger partial charge on any atom is -0.481 e. The van der Waals surface area contributed by atoms with Crippen molar-refractivity contribution in [2.75, 3.05) is 5.75 Å². The number of hydrogen-bond acceptors (Lipinski definition) is 9. The Balaban J connectivity index is 5.31. The Labute approximate surface area is 193 Å². The second kappa shape index (κ2) is 14.6. The number of hydrogen-bond donors (Lipinski definition) is 9. The van der Waals surface area contributed by atoms with E-state index in [1.54, 1.807) is 0 Å². The third-order valence-electron chi connectivity index (χ3n) is 4.15. The third kappa shape index (κ3) is 12.3. The largest absolute Gasteiger partial charge is 0.481 e. The van der Waals surface area contributed by atoms with Gasteiger partial charge in [-0.25, -0.2) is 4.79 Å².